The zero-order chi connectivity index (χ0) is 44.0. The van der Waals surface area contributed by atoms with Gasteiger partial charge < -0.3 is 21.4 Å². The summed E-state index contributed by atoms with van der Waals surface area (Å²) in [4.78, 5) is 0. The number of hydrogen-bond donors (Lipinski definition) is 4. The largest absolute Gasteiger partial charge is 0.384 e. The minimum Gasteiger partial charge on any atom is -0.384 e. The minimum atomic E-state index is 0.121. The number of nitrogens with one attached hydrogen (secondary N) is 2. The molecule has 8 aromatic rings. The van der Waals surface area contributed by atoms with Crippen molar-refractivity contribution in [3.63, 3.8) is 0 Å². The minimum absolute atomic E-state index is 0.121. The van der Waals surface area contributed by atoms with E-state index >= 15 is 0 Å². The number of hydrogen-bond acceptors (Lipinski definition) is 3. The molecule has 8 rings (SSSR count). The van der Waals surface area contributed by atoms with E-state index in [0.717, 1.165) is 72.6 Å². The van der Waals surface area contributed by atoms with Crippen molar-refractivity contribution in [3.05, 3.63) is 216 Å². The second-order valence-corrected chi connectivity index (χ2v) is 13.4. The Labute approximate surface area is 364 Å². The Morgan fingerprint density at radius 1 is 0.672 bits per heavy atom. The lowest BCUT2D eigenvalue weighted by Crippen LogP contribution is -2.10. The van der Waals surface area contributed by atoms with Crippen molar-refractivity contribution in [2.45, 2.75) is 48.1 Å². The van der Waals surface area contributed by atoms with Crippen LogP contribution in [-0.4, -0.2) is 10.4 Å². The molecule has 7 aromatic carbocycles. The molecule has 0 bridgehead atoms. The lowest BCUT2D eigenvalue weighted by molar-refractivity contribution is 1.07. The van der Waals surface area contributed by atoms with Crippen molar-refractivity contribution in [1.82, 2.24) is 4.57 Å². The highest BCUT2D eigenvalue weighted by atomic mass is 15.0. The quantitative estimate of drug-likeness (QED) is 0.0700. The first kappa shape index (κ1) is 46.3. The van der Waals surface area contributed by atoms with Crippen molar-refractivity contribution in [1.29, 1.82) is 5.41 Å². The van der Waals surface area contributed by atoms with Gasteiger partial charge in [-0.15, -0.1) is 6.42 Å². The van der Waals surface area contributed by atoms with Gasteiger partial charge in [-0.05, 0) is 84.6 Å². The van der Waals surface area contributed by atoms with E-state index < -0.39 is 0 Å². The molecule has 1 heterocycles. The van der Waals surface area contributed by atoms with Gasteiger partial charge in [0.25, 0.3) is 0 Å². The maximum absolute atomic E-state index is 7.01. The molecule has 0 saturated heterocycles. The smallest absolute Gasteiger partial charge is 0.122 e. The highest BCUT2D eigenvalue weighted by Gasteiger charge is 2.18. The molecule has 308 valence electrons. The molecule has 61 heavy (non-hydrogen) atoms. The first-order chi connectivity index (χ1) is 29.9. The SMILES string of the molecule is C#Cc1c(/C=C\C)n(-c2ccccc2)c2ccc(-c3ccccc3-c3ccccc3Nc3ccc(CN)cc3)cc12.CC.CC.Cc1ccccc1.N=C(N)c1ccccc1. The molecule has 0 aliphatic heterocycles. The highest BCUT2D eigenvalue weighted by molar-refractivity contribution is 5.98. The second-order valence-electron chi connectivity index (χ2n) is 13.4. The molecule has 0 aliphatic carbocycles. The zero-order valence-corrected chi connectivity index (χ0v) is 36.4. The first-order valence-corrected chi connectivity index (χ1v) is 20.9. The maximum atomic E-state index is 7.01. The van der Waals surface area contributed by atoms with Gasteiger partial charge in [-0.3, -0.25) is 5.41 Å². The Balaban J connectivity index is 0.000000337. The van der Waals surface area contributed by atoms with Crippen molar-refractivity contribution >= 4 is 34.2 Å². The van der Waals surface area contributed by atoms with Crippen LogP contribution in [0.1, 0.15) is 62.6 Å². The van der Waals surface area contributed by atoms with Gasteiger partial charge in [-0.1, -0.05) is 185 Å². The van der Waals surface area contributed by atoms with Gasteiger partial charge in [0, 0.05) is 40.1 Å². The van der Waals surface area contributed by atoms with Crippen LogP contribution in [0.15, 0.2) is 188 Å². The van der Waals surface area contributed by atoms with Crippen LogP contribution in [0.25, 0.3) is 44.9 Å². The normalized spacial score (nSPS) is 10.0. The number of nitrogens with two attached hydrogens (primary N) is 2. The van der Waals surface area contributed by atoms with E-state index in [1.165, 1.54) is 5.56 Å². The predicted octanol–water partition coefficient (Wildman–Crippen LogP) is 14.2. The van der Waals surface area contributed by atoms with Crippen molar-refractivity contribution in [2.75, 3.05) is 5.32 Å². The molecule has 0 aliphatic rings. The van der Waals surface area contributed by atoms with E-state index in [0.29, 0.717) is 6.54 Å². The Bertz CT molecular complexity index is 2620. The van der Waals surface area contributed by atoms with E-state index in [4.69, 9.17) is 23.3 Å². The number of aromatic nitrogens is 1. The van der Waals surface area contributed by atoms with Gasteiger partial charge in [-0.2, -0.15) is 0 Å². The van der Waals surface area contributed by atoms with Gasteiger partial charge >= 0.3 is 0 Å². The molecular formula is C56H59N5. The van der Waals surface area contributed by atoms with Crippen molar-refractivity contribution < 1.29 is 0 Å². The molecule has 1 aromatic heterocycles. The molecular weight excluding hydrogens is 743 g/mol. The Hall–Kier alpha value is -7.39. The fraction of sp³-hybridized carbons (Fsp3) is 0.125. The van der Waals surface area contributed by atoms with Crippen LogP contribution < -0.4 is 16.8 Å². The molecule has 0 unspecified atom stereocenters. The highest BCUT2D eigenvalue weighted by Crippen LogP contribution is 2.40. The molecule has 0 radical (unpaired) electrons. The zero-order valence-electron chi connectivity index (χ0n) is 36.4. The lowest BCUT2D eigenvalue weighted by atomic mass is 9.92. The summed E-state index contributed by atoms with van der Waals surface area (Å²) in [7, 11) is 0. The van der Waals surface area contributed by atoms with E-state index in [9.17, 15) is 0 Å². The van der Waals surface area contributed by atoms with Gasteiger partial charge in [0.15, 0.2) is 0 Å². The Morgan fingerprint density at radius 2 is 1.21 bits per heavy atom. The molecule has 0 atom stereocenters. The number of amidine groups is 1. The standard InChI is InChI=1S/C38H31N3.C7H8N2.C7H8.2C2H6/c1-3-12-37-31(4-2)35-25-28(21-24-38(35)41(37)30-13-6-5-7-14-30)32-15-8-9-16-33(32)34-17-10-11-18-36(34)40-29-22-19-27(26-39)20-23-29;8-7(9)6-4-2-1-3-5-6;1-7-5-3-2-4-6-7;2*1-2/h2-3,5-25,40H,26,39H2,1H3;1-5H,(H3,8,9);2-6H,1H3;2*1-2H3/b12-3-;;;;. The fourth-order valence-electron chi connectivity index (χ4n) is 6.63. The summed E-state index contributed by atoms with van der Waals surface area (Å²) < 4.78 is 2.25. The number of para-hydroxylation sites is 2. The van der Waals surface area contributed by atoms with Crippen LogP contribution in [0, 0.1) is 24.7 Å². The molecule has 5 nitrogen and oxygen atoms in total. The van der Waals surface area contributed by atoms with Crippen LogP contribution in [0.2, 0.25) is 0 Å². The first-order valence-electron chi connectivity index (χ1n) is 20.9. The molecule has 0 amide bonds. The third-order valence-electron chi connectivity index (χ3n) is 9.44. The Kier molecular flexibility index (Phi) is 18.6. The van der Waals surface area contributed by atoms with E-state index in [1.807, 2.05) is 95.3 Å². The van der Waals surface area contributed by atoms with Crippen LogP contribution in [0.4, 0.5) is 11.4 Å². The number of allylic oxidation sites excluding steroid dienone is 1. The van der Waals surface area contributed by atoms with Gasteiger partial charge in [-0.25, -0.2) is 0 Å². The number of anilines is 2. The number of nitrogens with zero attached hydrogens (tertiary/aromatic N) is 1. The van der Waals surface area contributed by atoms with E-state index in [-0.39, 0.29) is 5.84 Å². The van der Waals surface area contributed by atoms with Gasteiger partial charge in [0.1, 0.15) is 5.84 Å². The fourth-order valence-corrected chi connectivity index (χ4v) is 6.63. The van der Waals surface area contributed by atoms with Crippen LogP contribution in [0.3, 0.4) is 0 Å². The van der Waals surface area contributed by atoms with Gasteiger partial charge in [0.05, 0.1) is 16.8 Å². The van der Waals surface area contributed by atoms with Crippen LogP contribution >= 0.6 is 0 Å². The topological polar surface area (TPSA) is 92.9 Å². The summed E-state index contributed by atoms with van der Waals surface area (Å²) in [5.41, 5.74) is 24.9. The average molecular weight is 802 g/mol. The summed E-state index contributed by atoms with van der Waals surface area (Å²) in [6.07, 6.45) is 10.3. The number of benzene rings is 7. The molecule has 6 N–H and O–H groups in total. The predicted molar refractivity (Wildman–Crippen MR) is 266 cm³/mol. The lowest BCUT2D eigenvalue weighted by Gasteiger charge is -2.16. The number of rotatable bonds is 8. The summed E-state index contributed by atoms with van der Waals surface area (Å²) in [5, 5.41) is 11.7. The number of terminal acetylenes is 1. The third-order valence-corrected chi connectivity index (χ3v) is 9.44. The number of fused-ring (bicyclic) bond motifs is 1. The molecule has 0 saturated carbocycles. The van der Waals surface area contributed by atoms with E-state index in [2.05, 4.69) is 156 Å². The molecule has 0 fully saturated rings. The number of nitrogen functional groups attached to an aromatic ring is 1. The molecule has 5 heteroatoms. The van der Waals surface area contributed by atoms with Gasteiger partial charge in [0.2, 0.25) is 0 Å². The monoisotopic (exact) mass is 801 g/mol. The Morgan fingerprint density at radius 3 is 1.74 bits per heavy atom. The summed E-state index contributed by atoms with van der Waals surface area (Å²) in [5.74, 6) is 3.11. The summed E-state index contributed by atoms with van der Waals surface area (Å²) in [6, 6.07) is 61.7. The van der Waals surface area contributed by atoms with E-state index in [1.54, 1.807) is 0 Å². The van der Waals surface area contributed by atoms with Crippen LogP contribution in [-0.2, 0) is 6.54 Å². The molecule has 0 spiro atoms. The number of aryl methyl sites for hydroxylation is 1. The van der Waals surface area contributed by atoms with Crippen molar-refractivity contribution in [2.24, 2.45) is 11.5 Å². The summed E-state index contributed by atoms with van der Waals surface area (Å²) in [6.45, 7) is 12.6. The average Bonchev–Trinajstić information content (AvgIpc) is 3.64. The third kappa shape index (κ3) is 12.3. The maximum Gasteiger partial charge on any atom is 0.122 e. The second kappa shape index (κ2) is 24.5. The van der Waals surface area contributed by atoms with Crippen molar-refractivity contribution in [3.8, 4) is 40.3 Å². The summed E-state index contributed by atoms with van der Waals surface area (Å²) >= 11 is 0. The van der Waals surface area contributed by atoms with Crippen LogP contribution in [0.5, 0.6) is 0 Å².